The van der Waals surface area contributed by atoms with Gasteiger partial charge >= 0.3 is 0 Å². The lowest BCUT2D eigenvalue weighted by Crippen LogP contribution is -2.49. The Morgan fingerprint density at radius 3 is 2.47 bits per heavy atom. The lowest BCUT2D eigenvalue weighted by molar-refractivity contribution is 0.111. The van der Waals surface area contributed by atoms with Crippen LogP contribution in [0.2, 0.25) is 0 Å². The summed E-state index contributed by atoms with van der Waals surface area (Å²) in [7, 11) is -3.29. The Kier molecular flexibility index (Phi) is 5.97. The largest absolute Gasteiger partial charge is 0.289 e. The molecule has 1 atom stereocenters. The normalized spacial score (nSPS) is 17.9. The van der Waals surface area contributed by atoms with Gasteiger partial charge in [0.05, 0.1) is 23.7 Å². The van der Waals surface area contributed by atoms with Gasteiger partial charge < -0.3 is 0 Å². The van der Waals surface area contributed by atoms with Crippen molar-refractivity contribution in [2.75, 3.05) is 25.9 Å². The van der Waals surface area contributed by atoms with E-state index in [1.54, 1.807) is 27.3 Å². The number of benzene rings is 3. The van der Waals surface area contributed by atoms with Crippen LogP contribution in [0.15, 0.2) is 72.9 Å². The molecule has 1 aliphatic heterocycles. The molecule has 0 bridgehead atoms. The van der Waals surface area contributed by atoms with Crippen LogP contribution >= 0.6 is 0 Å². The van der Waals surface area contributed by atoms with E-state index in [9.17, 15) is 12.8 Å². The van der Waals surface area contributed by atoms with Gasteiger partial charge in [-0.25, -0.2) is 17.5 Å². The van der Waals surface area contributed by atoms with Crippen LogP contribution in [0, 0.1) is 12.7 Å². The summed E-state index contributed by atoms with van der Waals surface area (Å²) in [6, 6.07) is 20.6. The summed E-state index contributed by atoms with van der Waals surface area (Å²) in [6.45, 7) is 4.33. The Balaban J connectivity index is 1.54. The molecule has 0 radical (unpaired) electrons. The second kappa shape index (κ2) is 8.94. The van der Waals surface area contributed by atoms with Crippen molar-refractivity contribution in [1.29, 1.82) is 0 Å². The monoisotopic (exact) mass is 478 g/mol. The molecule has 0 aliphatic carbocycles. The van der Waals surface area contributed by atoms with Gasteiger partial charge in [0.25, 0.3) is 0 Å². The highest BCUT2D eigenvalue weighted by atomic mass is 32.2. The van der Waals surface area contributed by atoms with Crippen molar-refractivity contribution < 1.29 is 12.8 Å². The van der Waals surface area contributed by atoms with Gasteiger partial charge in [0.15, 0.2) is 0 Å². The van der Waals surface area contributed by atoms with Crippen molar-refractivity contribution in [3.63, 3.8) is 0 Å². The zero-order valence-corrected chi connectivity index (χ0v) is 20.0. The Morgan fingerprint density at radius 1 is 1.03 bits per heavy atom. The Morgan fingerprint density at radius 2 is 1.76 bits per heavy atom. The topological polar surface area (TPSA) is 58.4 Å². The predicted molar refractivity (Wildman–Crippen MR) is 132 cm³/mol. The SMILES string of the molecule is Cc1cc2c(cnn2-c2ccc(F)cc2)cc1[C@H]1CN(S(C)(=O)=O)CCN1Cc1ccccc1. The summed E-state index contributed by atoms with van der Waals surface area (Å²) in [5, 5.41) is 5.50. The average molecular weight is 479 g/mol. The third-order valence-corrected chi connectivity index (χ3v) is 7.81. The minimum absolute atomic E-state index is 0.0812. The third-order valence-electron chi connectivity index (χ3n) is 6.54. The fourth-order valence-electron chi connectivity index (χ4n) is 4.74. The number of piperazine rings is 1. The maximum absolute atomic E-state index is 13.4. The van der Waals surface area contributed by atoms with E-state index in [1.165, 1.54) is 24.0 Å². The summed E-state index contributed by atoms with van der Waals surface area (Å²) in [6.07, 6.45) is 3.08. The number of hydrogen-bond donors (Lipinski definition) is 0. The van der Waals surface area contributed by atoms with Crippen LogP contribution in [0.25, 0.3) is 16.6 Å². The number of rotatable bonds is 5. The molecule has 1 aromatic heterocycles. The van der Waals surface area contributed by atoms with E-state index < -0.39 is 10.0 Å². The molecule has 0 amide bonds. The summed E-state index contributed by atoms with van der Waals surface area (Å²) < 4.78 is 41.5. The summed E-state index contributed by atoms with van der Waals surface area (Å²) in [5.74, 6) is -0.287. The minimum atomic E-state index is -3.29. The van der Waals surface area contributed by atoms with Crippen molar-refractivity contribution in [2.45, 2.75) is 19.5 Å². The average Bonchev–Trinajstić information content (AvgIpc) is 3.22. The highest BCUT2D eigenvalue weighted by Gasteiger charge is 2.33. The molecule has 0 saturated carbocycles. The number of sulfonamides is 1. The van der Waals surface area contributed by atoms with E-state index in [1.807, 2.05) is 18.2 Å². The number of halogens is 1. The first kappa shape index (κ1) is 22.7. The Labute approximate surface area is 199 Å². The zero-order valence-electron chi connectivity index (χ0n) is 19.2. The van der Waals surface area contributed by atoms with Gasteiger partial charge in [-0.2, -0.15) is 9.40 Å². The second-order valence-corrected chi connectivity index (χ2v) is 10.9. The fourth-order valence-corrected chi connectivity index (χ4v) is 5.57. The van der Waals surface area contributed by atoms with Crippen LogP contribution in [0.3, 0.4) is 0 Å². The first-order chi connectivity index (χ1) is 16.3. The van der Waals surface area contributed by atoms with E-state index in [2.05, 4.69) is 41.2 Å². The van der Waals surface area contributed by atoms with Gasteiger partial charge in [0.1, 0.15) is 5.82 Å². The molecule has 0 spiro atoms. The van der Waals surface area contributed by atoms with Crippen LogP contribution < -0.4 is 0 Å². The smallest absolute Gasteiger partial charge is 0.211 e. The van der Waals surface area contributed by atoms with Crippen molar-refractivity contribution in [1.82, 2.24) is 19.0 Å². The highest BCUT2D eigenvalue weighted by Crippen LogP contribution is 2.33. The number of hydrogen-bond acceptors (Lipinski definition) is 4. The maximum Gasteiger partial charge on any atom is 0.211 e. The number of fused-ring (bicyclic) bond motifs is 1. The van der Waals surface area contributed by atoms with Crippen LogP contribution in [0.5, 0.6) is 0 Å². The van der Waals surface area contributed by atoms with Crippen LogP contribution in [-0.2, 0) is 16.6 Å². The van der Waals surface area contributed by atoms with Gasteiger partial charge in [-0.15, -0.1) is 0 Å². The molecule has 1 fully saturated rings. The van der Waals surface area contributed by atoms with E-state index in [0.717, 1.165) is 34.3 Å². The van der Waals surface area contributed by atoms with Crippen molar-refractivity contribution in [2.24, 2.45) is 0 Å². The van der Waals surface area contributed by atoms with Crippen LogP contribution in [0.4, 0.5) is 4.39 Å². The molecule has 0 unspecified atom stereocenters. The Hall–Kier alpha value is -3.07. The second-order valence-electron chi connectivity index (χ2n) is 8.89. The van der Waals surface area contributed by atoms with Crippen LogP contribution in [0.1, 0.15) is 22.7 Å². The molecule has 0 N–H and O–H groups in total. The van der Waals surface area contributed by atoms with Gasteiger partial charge in [0, 0.05) is 37.6 Å². The molecule has 5 rings (SSSR count). The minimum Gasteiger partial charge on any atom is -0.289 e. The lowest BCUT2D eigenvalue weighted by atomic mass is 9.96. The van der Waals surface area contributed by atoms with E-state index in [0.29, 0.717) is 19.6 Å². The molecule has 1 saturated heterocycles. The molecule has 34 heavy (non-hydrogen) atoms. The number of aryl methyl sites for hydroxylation is 1. The van der Waals surface area contributed by atoms with Gasteiger partial charge in [0.2, 0.25) is 10.0 Å². The number of nitrogens with zero attached hydrogens (tertiary/aromatic N) is 4. The molecular formula is C26H27FN4O2S. The van der Waals surface area contributed by atoms with Crippen molar-refractivity contribution >= 4 is 20.9 Å². The molecule has 3 aromatic carbocycles. The zero-order chi connectivity index (χ0) is 23.9. The van der Waals surface area contributed by atoms with Crippen molar-refractivity contribution in [3.8, 4) is 5.69 Å². The molecular weight excluding hydrogens is 451 g/mol. The van der Waals surface area contributed by atoms with Crippen molar-refractivity contribution in [3.05, 3.63) is 95.4 Å². The van der Waals surface area contributed by atoms with Gasteiger partial charge in [-0.05, 0) is 60.0 Å². The fraction of sp³-hybridized carbons (Fsp3) is 0.269. The number of aromatic nitrogens is 2. The first-order valence-electron chi connectivity index (χ1n) is 11.3. The van der Waals surface area contributed by atoms with E-state index in [-0.39, 0.29) is 11.9 Å². The standard InChI is InChI=1S/C26H27FN4O2S/c1-19-14-25-21(16-28-31(25)23-10-8-22(27)9-11-23)15-24(19)26-18-30(34(2,32)33)13-12-29(26)17-20-6-4-3-5-7-20/h3-11,14-16,26H,12-13,17-18H2,1-2H3/t26-/m1/s1. The molecule has 2 heterocycles. The predicted octanol–water partition coefficient (Wildman–Crippen LogP) is 4.29. The first-order valence-corrected chi connectivity index (χ1v) is 13.1. The summed E-state index contributed by atoms with van der Waals surface area (Å²) in [5.41, 5.74) is 5.07. The lowest BCUT2D eigenvalue weighted by Gasteiger charge is -2.41. The summed E-state index contributed by atoms with van der Waals surface area (Å²) >= 11 is 0. The van der Waals surface area contributed by atoms with Gasteiger partial charge in [-0.1, -0.05) is 30.3 Å². The molecule has 1 aliphatic rings. The molecule has 4 aromatic rings. The Bertz CT molecular complexity index is 1420. The third kappa shape index (κ3) is 4.49. The van der Waals surface area contributed by atoms with Gasteiger partial charge in [-0.3, -0.25) is 4.90 Å². The molecule has 6 nitrogen and oxygen atoms in total. The highest BCUT2D eigenvalue weighted by molar-refractivity contribution is 7.88. The maximum atomic E-state index is 13.4. The molecule has 176 valence electrons. The summed E-state index contributed by atoms with van der Waals surface area (Å²) in [4.78, 5) is 2.36. The van der Waals surface area contributed by atoms with E-state index in [4.69, 9.17) is 0 Å². The van der Waals surface area contributed by atoms with E-state index >= 15 is 0 Å². The van der Waals surface area contributed by atoms with Crippen LogP contribution in [-0.4, -0.2) is 53.3 Å². The molecule has 8 heteroatoms. The quantitative estimate of drug-likeness (QED) is 0.429.